The van der Waals surface area contributed by atoms with Gasteiger partial charge in [-0.05, 0) is 56.2 Å². The highest BCUT2D eigenvalue weighted by Gasteiger charge is 2.46. The van der Waals surface area contributed by atoms with Gasteiger partial charge in [0.25, 0.3) is 11.7 Å². The summed E-state index contributed by atoms with van der Waals surface area (Å²) in [4.78, 5) is 30.2. The Hall–Kier alpha value is -3.43. The summed E-state index contributed by atoms with van der Waals surface area (Å²) in [5.41, 5.74) is 0.626. The number of hydrogen-bond donors (Lipinski definition) is 1. The maximum atomic E-state index is 14.7. The molecule has 4 rings (SSSR count). The van der Waals surface area contributed by atoms with Crippen molar-refractivity contribution < 1.29 is 33.3 Å². The van der Waals surface area contributed by atoms with Crippen LogP contribution in [0.2, 0.25) is 0 Å². The molecule has 1 N–H and O–H groups in total. The third-order valence-electron chi connectivity index (χ3n) is 6.49. The molecule has 1 amide bonds. The number of methoxy groups -OCH3 is 1. The molecule has 2 aromatic carbocycles. The summed E-state index contributed by atoms with van der Waals surface area (Å²) in [5.74, 6) is -2.01. The quantitative estimate of drug-likeness (QED) is 0.311. The minimum absolute atomic E-state index is 0.0412. The van der Waals surface area contributed by atoms with Crippen LogP contribution >= 0.6 is 0 Å². The topological polar surface area (TPSA) is 88.5 Å². The molecular weight excluding hydrogens is 479 g/mol. The summed E-state index contributed by atoms with van der Waals surface area (Å²) < 4.78 is 30.9. The number of halogens is 1. The van der Waals surface area contributed by atoms with Gasteiger partial charge >= 0.3 is 0 Å². The van der Waals surface area contributed by atoms with Gasteiger partial charge in [0.05, 0.1) is 38.0 Å². The van der Waals surface area contributed by atoms with Crippen LogP contribution in [-0.2, 0) is 14.3 Å². The minimum atomic E-state index is -0.838. The van der Waals surface area contributed by atoms with E-state index in [1.807, 2.05) is 0 Å². The van der Waals surface area contributed by atoms with E-state index < -0.39 is 29.3 Å². The first-order chi connectivity index (χ1) is 17.8. The maximum absolute atomic E-state index is 14.7. The number of rotatable bonds is 9. The van der Waals surface area contributed by atoms with E-state index in [0.29, 0.717) is 37.5 Å². The van der Waals surface area contributed by atoms with Crippen LogP contribution in [0.25, 0.3) is 5.76 Å². The molecule has 0 saturated carbocycles. The van der Waals surface area contributed by atoms with E-state index >= 15 is 0 Å². The van der Waals surface area contributed by atoms with E-state index in [4.69, 9.17) is 14.2 Å². The second kappa shape index (κ2) is 11.7. The van der Waals surface area contributed by atoms with Crippen LogP contribution in [0.3, 0.4) is 0 Å². The highest BCUT2D eigenvalue weighted by Crippen LogP contribution is 2.40. The number of hydrogen-bond acceptors (Lipinski definition) is 7. The van der Waals surface area contributed by atoms with Gasteiger partial charge in [-0.1, -0.05) is 12.1 Å². The second-order valence-corrected chi connectivity index (χ2v) is 9.39. The van der Waals surface area contributed by atoms with Crippen LogP contribution in [0.1, 0.15) is 37.4 Å². The smallest absolute Gasteiger partial charge is 0.295 e. The van der Waals surface area contributed by atoms with Gasteiger partial charge in [0.15, 0.2) is 11.6 Å². The summed E-state index contributed by atoms with van der Waals surface area (Å²) in [6.45, 7) is 7.61. The van der Waals surface area contributed by atoms with Crippen molar-refractivity contribution in [3.05, 3.63) is 65.0 Å². The number of likely N-dealkylation sites (tertiary alicyclic amines) is 1. The van der Waals surface area contributed by atoms with Crippen LogP contribution in [0.4, 0.5) is 4.39 Å². The van der Waals surface area contributed by atoms with E-state index in [0.717, 1.165) is 25.7 Å². The lowest BCUT2D eigenvalue weighted by Gasteiger charge is -2.29. The summed E-state index contributed by atoms with van der Waals surface area (Å²) in [6.07, 6.45) is 0.411. The van der Waals surface area contributed by atoms with Gasteiger partial charge in [-0.15, -0.1) is 0 Å². The Kier molecular flexibility index (Phi) is 8.45. The minimum Gasteiger partial charge on any atom is -0.507 e. The second-order valence-electron chi connectivity index (χ2n) is 9.39. The lowest BCUT2D eigenvalue weighted by molar-refractivity contribution is -0.140. The number of carbonyl (C=O) groups excluding carboxylic acids is 2. The van der Waals surface area contributed by atoms with Crippen molar-refractivity contribution in [2.75, 3.05) is 46.5 Å². The molecule has 2 aliphatic rings. The lowest BCUT2D eigenvalue weighted by atomic mass is 9.95. The normalized spacial score (nSPS) is 20.0. The van der Waals surface area contributed by atoms with Gasteiger partial charge in [0.1, 0.15) is 11.5 Å². The van der Waals surface area contributed by atoms with Crippen LogP contribution in [0.5, 0.6) is 11.5 Å². The zero-order valence-electron chi connectivity index (χ0n) is 21.4. The molecule has 37 heavy (non-hydrogen) atoms. The van der Waals surface area contributed by atoms with Crippen molar-refractivity contribution in [1.82, 2.24) is 9.80 Å². The van der Waals surface area contributed by atoms with Gasteiger partial charge in [-0.2, -0.15) is 0 Å². The van der Waals surface area contributed by atoms with Crippen LogP contribution in [-0.4, -0.2) is 79.2 Å². The van der Waals surface area contributed by atoms with Gasteiger partial charge in [0.2, 0.25) is 0 Å². The molecular formula is C28H33FN2O6. The largest absolute Gasteiger partial charge is 0.507 e. The number of benzene rings is 2. The number of aliphatic hydroxyl groups is 1. The molecule has 1 unspecified atom stereocenters. The van der Waals surface area contributed by atoms with Gasteiger partial charge in [0, 0.05) is 31.7 Å². The maximum Gasteiger partial charge on any atom is 0.295 e. The number of morpholine rings is 1. The Morgan fingerprint density at radius 2 is 1.89 bits per heavy atom. The van der Waals surface area contributed by atoms with E-state index in [1.54, 1.807) is 38.1 Å². The van der Waals surface area contributed by atoms with Gasteiger partial charge < -0.3 is 24.2 Å². The molecule has 2 aromatic rings. The Morgan fingerprint density at radius 3 is 2.57 bits per heavy atom. The standard InChI is InChI=1S/C28H33FN2O6/c1-18(2)37-23-9-8-20(17-22(23)29)26(32)24-25(19-6-4-7-21(16-19)35-3)31(28(34)27(24)33)11-5-10-30-12-14-36-15-13-30/h4,6-9,16-18,25,32H,5,10-15H2,1-3H3/b26-24-. The molecule has 0 aliphatic carbocycles. The van der Waals surface area contributed by atoms with Crippen molar-refractivity contribution in [3.8, 4) is 11.5 Å². The average molecular weight is 513 g/mol. The van der Waals surface area contributed by atoms with Crippen molar-refractivity contribution >= 4 is 17.4 Å². The van der Waals surface area contributed by atoms with Crippen LogP contribution in [0, 0.1) is 5.82 Å². The van der Waals surface area contributed by atoms with Crippen molar-refractivity contribution in [3.63, 3.8) is 0 Å². The molecule has 2 aliphatic heterocycles. The SMILES string of the molecule is COc1cccc(C2/C(=C(/O)c3ccc(OC(C)C)c(F)c3)C(=O)C(=O)N2CCCN2CCOCC2)c1. The predicted octanol–water partition coefficient (Wildman–Crippen LogP) is 3.77. The number of aliphatic hydroxyl groups excluding tert-OH is 1. The molecule has 0 aromatic heterocycles. The first-order valence-corrected chi connectivity index (χ1v) is 12.5. The summed E-state index contributed by atoms with van der Waals surface area (Å²) in [7, 11) is 1.53. The molecule has 0 spiro atoms. The predicted molar refractivity (Wildman–Crippen MR) is 136 cm³/mol. The number of amides is 1. The summed E-state index contributed by atoms with van der Waals surface area (Å²) >= 11 is 0. The third-order valence-corrected chi connectivity index (χ3v) is 6.49. The van der Waals surface area contributed by atoms with E-state index in [2.05, 4.69) is 4.90 Å². The Labute approximate surface area is 216 Å². The monoisotopic (exact) mass is 512 g/mol. The molecule has 0 bridgehead atoms. The van der Waals surface area contributed by atoms with Crippen molar-refractivity contribution in [2.45, 2.75) is 32.4 Å². The molecule has 8 nitrogen and oxygen atoms in total. The van der Waals surface area contributed by atoms with E-state index in [1.165, 1.54) is 24.1 Å². The number of nitrogens with zero attached hydrogens (tertiary/aromatic N) is 2. The summed E-state index contributed by atoms with van der Waals surface area (Å²) in [6, 6.07) is 10.2. The fraction of sp³-hybridized carbons (Fsp3) is 0.429. The van der Waals surface area contributed by atoms with Crippen LogP contribution < -0.4 is 9.47 Å². The molecule has 0 radical (unpaired) electrons. The van der Waals surface area contributed by atoms with Crippen molar-refractivity contribution in [1.29, 1.82) is 0 Å². The zero-order valence-corrected chi connectivity index (χ0v) is 21.4. The molecule has 9 heteroatoms. The molecule has 2 saturated heterocycles. The highest BCUT2D eigenvalue weighted by molar-refractivity contribution is 6.46. The molecule has 198 valence electrons. The van der Waals surface area contributed by atoms with E-state index in [9.17, 15) is 19.1 Å². The number of ether oxygens (including phenoxy) is 3. The summed E-state index contributed by atoms with van der Waals surface area (Å²) in [5, 5.41) is 11.2. The zero-order chi connectivity index (χ0) is 26.5. The van der Waals surface area contributed by atoms with Crippen LogP contribution in [0.15, 0.2) is 48.0 Å². The Balaban J connectivity index is 1.69. The lowest BCUT2D eigenvalue weighted by Crippen LogP contribution is -2.38. The molecule has 1 atom stereocenters. The molecule has 2 heterocycles. The van der Waals surface area contributed by atoms with Gasteiger partial charge in [-0.25, -0.2) is 4.39 Å². The first-order valence-electron chi connectivity index (χ1n) is 12.5. The molecule has 2 fully saturated rings. The average Bonchev–Trinajstić information content (AvgIpc) is 3.15. The van der Waals surface area contributed by atoms with Gasteiger partial charge in [-0.3, -0.25) is 14.5 Å². The Morgan fingerprint density at radius 1 is 1.14 bits per heavy atom. The number of Topliss-reactive ketones (excluding diaryl/α,β-unsaturated/α-hetero) is 1. The van der Waals surface area contributed by atoms with E-state index in [-0.39, 0.29) is 23.0 Å². The fourth-order valence-electron chi connectivity index (χ4n) is 4.71. The Bertz CT molecular complexity index is 1180. The third kappa shape index (κ3) is 5.94. The van der Waals surface area contributed by atoms with Crippen molar-refractivity contribution in [2.24, 2.45) is 0 Å². The highest BCUT2D eigenvalue weighted by atomic mass is 19.1. The number of carbonyl (C=O) groups is 2. The fourth-order valence-corrected chi connectivity index (χ4v) is 4.71. The first kappa shape index (κ1) is 26.6. The number of ketones is 1.